The normalized spacial score (nSPS) is 11.6. The number of halogens is 1. The molecular weight excluding hydrogens is 295 g/mol. The van der Waals surface area contributed by atoms with Crippen LogP contribution in [0.15, 0.2) is 41.6 Å². The topological polar surface area (TPSA) is 75.2 Å². The highest BCUT2D eigenvalue weighted by atomic mass is 32.2. The highest BCUT2D eigenvalue weighted by Gasteiger charge is 2.22. The number of anilines is 1. The standard InChI is InChI=1S/C13H15FN4O2S/c1-15-13-16-7-11(8-17-13)21(19,20)18(2)9-10-5-3-4-6-12(10)14/h3-8H,9H2,1-2H3,(H,15,16,17). The zero-order valence-electron chi connectivity index (χ0n) is 11.6. The number of sulfonamides is 1. The van der Waals surface area contributed by atoms with E-state index in [1.165, 1.54) is 25.5 Å². The Morgan fingerprint density at radius 2 is 1.86 bits per heavy atom. The number of benzene rings is 1. The van der Waals surface area contributed by atoms with E-state index >= 15 is 0 Å². The van der Waals surface area contributed by atoms with Crippen LogP contribution in [-0.4, -0.2) is 36.8 Å². The van der Waals surface area contributed by atoms with E-state index in [1.54, 1.807) is 25.2 Å². The molecular formula is C13H15FN4O2S. The maximum Gasteiger partial charge on any atom is 0.246 e. The predicted molar refractivity (Wildman–Crippen MR) is 76.6 cm³/mol. The van der Waals surface area contributed by atoms with E-state index in [-0.39, 0.29) is 11.4 Å². The third kappa shape index (κ3) is 3.34. The summed E-state index contributed by atoms with van der Waals surface area (Å²) >= 11 is 0. The molecule has 0 aliphatic carbocycles. The lowest BCUT2D eigenvalue weighted by molar-refractivity contribution is 0.456. The van der Waals surface area contributed by atoms with Crippen LogP contribution in [0, 0.1) is 5.82 Å². The van der Waals surface area contributed by atoms with Crippen LogP contribution >= 0.6 is 0 Å². The number of hydrogen-bond donors (Lipinski definition) is 1. The first-order valence-corrected chi connectivity index (χ1v) is 7.58. The Bertz CT molecular complexity index is 719. The van der Waals surface area contributed by atoms with E-state index in [4.69, 9.17) is 0 Å². The van der Waals surface area contributed by atoms with Crippen LogP contribution in [0.1, 0.15) is 5.56 Å². The third-order valence-electron chi connectivity index (χ3n) is 2.91. The minimum Gasteiger partial charge on any atom is -0.357 e. The van der Waals surface area contributed by atoms with E-state index < -0.39 is 15.8 Å². The van der Waals surface area contributed by atoms with Gasteiger partial charge in [0.2, 0.25) is 16.0 Å². The summed E-state index contributed by atoms with van der Waals surface area (Å²) in [6.07, 6.45) is 2.43. The lowest BCUT2D eigenvalue weighted by Crippen LogP contribution is -2.27. The van der Waals surface area contributed by atoms with Gasteiger partial charge in [-0.15, -0.1) is 0 Å². The van der Waals surface area contributed by atoms with Crippen LogP contribution in [0.25, 0.3) is 0 Å². The summed E-state index contributed by atoms with van der Waals surface area (Å²) < 4.78 is 39.3. The van der Waals surface area contributed by atoms with Crippen molar-refractivity contribution in [3.8, 4) is 0 Å². The van der Waals surface area contributed by atoms with Crippen LogP contribution in [-0.2, 0) is 16.6 Å². The van der Waals surface area contributed by atoms with Crippen molar-refractivity contribution < 1.29 is 12.8 Å². The van der Waals surface area contributed by atoms with Gasteiger partial charge in [-0.1, -0.05) is 18.2 Å². The molecule has 6 nitrogen and oxygen atoms in total. The molecule has 0 fully saturated rings. The lowest BCUT2D eigenvalue weighted by atomic mass is 10.2. The fraction of sp³-hybridized carbons (Fsp3) is 0.231. The highest BCUT2D eigenvalue weighted by molar-refractivity contribution is 7.89. The lowest BCUT2D eigenvalue weighted by Gasteiger charge is -2.17. The second kappa shape index (κ2) is 6.15. The molecule has 1 aromatic heterocycles. The zero-order chi connectivity index (χ0) is 15.5. The molecule has 21 heavy (non-hydrogen) atoms. The molecule has 0 bridgehead atoms. The predicted octanol–water partition coefficient (Wildman–Crippen LogP) is 1.48. The van der Waals surface area contributed by atoms with Gasteiger partial charge in [-0.05, 0) is 6.07 Å². The third-order valence-corrected chi connectivity index (χ3v) is 4.67. The molecule has 0 spiro atoms. The molecule has 112 valence electrons. The monoisotopic (exact) mass is 310 g/mol. The first kappa shape index (κ1) is 15.3. The molecule has 1 N–H and O–H groups in total. The Kier molecular flexibility index (Phi) is 4.49. The van der Waals surface area contributed by atoms with Crippen molar-refractivity contribution >= 4 is 16.0 Å². The molecule has 0 atom stereocenters. The molecule has 1 aromatic carbocycles. The van der Waals surface area contributed by atoms with Gasteiger partial charge in [-0.25, -0.2) is 22.8 Å². The summed E-state index contributed by atoms with van der Waals surface area (Å²) in [7, 11) is -0.750. The van der Waals surface area contributed by atoms with Crippen molar-refractivity contribution in [3.05, 3.63) is 48.0 Å². The molecule has 0 amide bonds. The summed E-state index contributed by atoms with van der Waals surface area (Å²) in [5.41, 5.74) is 0.302. The first-order valence-electron chi connectivity index (χ1n) is 6.14. The first-order chi connectivity index (χ1) is 9.95. The molecule has 0 aliphatic heterocycles. The van der Waals surface area contributed by atoms with Gasteiger partial charge in [0.1, 0.15) is 10.7 Å². The van der Waals surface area contributed by atoms with Crippen LogP contribution < -0.4 is 5.32 Å². The molecule has 8 heteroatoms. The van der Waals surface area contributed by atoms with E-state index in [0.29, 0.717) is 11.5 Å². The van der Waals surface area contributed by atoms with E-state index in [2.05, 4.69) is 15.3 Å². The molecule has 0 radical (unpaired) electrons. The smallest absolute Gasteiger partial charge is 0.246 e. The molecule has 2 rings (SSSR count). The van der Waals surface area contributed by atoms with Crippen molar-refractivity contribution in [1.82, 2.24) is 14.3 Å². The molecule has 1 heterocycles. The molecule has 0 saturated heterocycles. The average Bonchev–Trinajstić information content (AvgIpc) is 2.49. The van der Waals surface area contributed by atoms with Gasteiger partial charge in [0.15, 0.2) is 0 Å². The fourth-order valence-corrected chi connectivity index (χ4v) is 2.75. The van der Waals surface area contributed by atoms with Crippen molar-refractivity contribution in [1.29, 1.82) is 0 Å². The van der Waals surface area contributed by atoms with E-state index in [0.717, 1.165) is 4.31 Å². The quantitative estimate of drug-likeness (QED) is 0.905. The van der Waals surface area contributed by atoms with E-state index in [9.17, 15) is 12.8 Å². The van der Waals surface area contributed by atoms with Gasteiger partial charge in [-0.3, -0.25) is 0 Å². The number of nitrogens with one attached hydrogen (secondary N) is 1. The van der Waals surface area contributed by atoms with Crippen molar-refractivity contribution in [3.63, 3.8) is 0 Å². The van der Waals surface area contributed by atoms with E-state index in [1.807, 2.05) is 0 Å². The maximum absolute atomic E-state index is 13.6. The van der Waals surface area contributed by atoms with Gasteiger partial charge >= 0.3 is 0 Å². The Balaban J connectivity index is 2.24. The van der Waals surface area contributed by atoms with Crippen molar-refractivity contribution in [2.24, 2.45) is 0 Å². The second-order valence-corrected chi connectivity index (χ2v) is 6.39. The highest BCUT2D eigenvalue weighted by Crippen LogP contribution is 2.17. The second-order valence-electron chi connectivity index (χ2n) is 4.34. The summed E-state index contributed by atoms with van der Waals surface area (Å²) in [4.78, 5) is 7.70. The number of aromatic nitrogens is 2. The molecule has 2 aromatic rings. The summed E-state index contributed by atoms with van der Waals surface area (Å²) in [5.74, 6) is -0.118. The summed E-state index contributed by atoms with van der Waals surface area (Å²) in [6, 6.07) is 6.05. The van der Waals surface area contributed by atoms with Gasteiger partial charge in [0.05, 0.1) is 12.4 Å². The Morgan fingerprint density at radius 3 is 2.43 bits per heavy atom. The Hall–Kier alpha value is -2.06. The zero-order valence-corrected chi connectivity index (χ0v) is 12.4. The van der Waals surface area contributed by atoms with Crippen LogP contribution in [0.5, 0.6) is 0 Å². The molecule has 0 saturated carbocycles. The number of rotatable bonds is 5. The number of hydrogen-bond acceptors (Lipinski definition) is 5. The van der Waals surface area contributed by atoms with Gasteiger partial charge < -0.3 is 5.32 Å². The molecule has 0 unspecified atom stereocenters. The fourth-order valence-electron chi connectivity index (χ4n) is 1.71. The van der Waals surface area contributed by atoms with Crippen molar-refractivity contribution in [2.75, 3.05) is 19.4 Å². The Labute approximate surface area is 122 Å². The van der Waals surface area contributed by atoms with Crippen LogP contribution in [0.4, 0.5) is 10.3 Å². The largest absolute Gasteiger partial charge is 0.357 e. The van der Waals surface area contributed by atoms with Crippen molar-refractivity contribution in [2.45, 2.75) is 11.4 Å². The Morgan fingerprint density at radius 1 is 1.24 bits per heavy atom. The maximum atomic E-state index is 13.6. The minimum atomic E-state index is -3.77. The summed E-state index contributed by atoms with van der Waals surface area (Å²) in [6.45, 7) is -0.0667. The number of nitrogens with zero attached hydrogens (tertiary/aromatic N) is 3. The van der Waals surface area contributed by atoms with Gasteiger partial charge in [-0.2, -0.15) is 4.31 Å². The molecule has 0 aliphatic rings. The minimum absolute atomic E-state index is 0.0414. The van der Waals surface area contributed by atoms with Crippen LogP contribution in [0.2, 0.25) is 0 Å². The van der Waals surface area contributed by atoms with Gasteiger partial charge in [0, 0.05) is 26.2 Å². The SMILES string of the molecule is CNc1ncc(S(=O)(=O)N(C)Cc2ccccc2F)cn1. The average molecular weight is 310 g/mol. The van der Waals surface area contributed by atoms with Crippen LogP contribution in [0.3, 0.4) is 0 Å². The van der Waals surface area contributed by atoms with Gasteiger partial charge in [0.25, 0.3) is 0 Å². The summed E-state index contributed by atoms with van der Waals surface area (Å²) in [5, 5.41) is 2.70.